The fourth-order valence-electron chi connectivity index (χ4n) is 2.85. The van der Waals surface area contributed by atoms with Gasteiger partial charge in [-0.05, 0) is 30.7 Å². The molecule has 0 aliphatic heterocycles. The fourth-order valence-corrected chi connectivity index (χ4v) is 2.85. The summed E-state index contributed by atoms with van der Waals surface area (Å²) in [6.07, 6.45) is 6.96. The molecule has 4 aromatic rings. The average Bonchev–Trinajstić information content (AvgIpc) is 3.24. The Bertz CT molecular complexity index is 913. The zero-order chi connectivity index (χ0) is 15.6. The predicted molar refractivity (Wildman–Crippen MR) is 89.2 cm³/mol. The summed E-state index contributed by atoms with van der Waals surface area (Å²) in [6.45, 7) is 2.10. The second-order valence-electron chi connectivity index (χ2n) is 5.43. The van der Waals surface area contributed by atoms with Gasteiger partial charge in [-0.15, -0.1) is 0 Å². The summed E-state index contributed by atoms with van der Waals surface area (Å²) < 4.78 is 5.65. The number of anilines is 1. The van der Waals surface area contributed by atoms with Gasteiger partial charge in [-0.1, -0.05) is 18.2 Å². The monoisotopic (exact) mass is 304 g/mol. The minimum Gasteiger partial charge on any atom is -0.467 e. The number of nitrogens with one attached hydrogen (secondary N) is 2. The maximum atomic E-state index is 5.65. The van der Waals surface area contributed by atoms with Crippen molar-refractivity contribution < 1.29 is 4.42 Å². The number of H-pyrrole nitrogens is 1. The van der Waals surface area contributed by atoms with Crippen LogP contribution in [0.5, 0.6) is 0 Å². The molecule has 0 bridgehead atoms. The quantitative estimate of drug-likeness (QED) is 0.596. The number of para-hydroxylation sites is 1. The summed E-state index contributed by atoms with van der Waals surface area (Å²) >= 11 is 0. The van der Waals surface area contributed by atoms with Crippen LogP contribution in [0.25, 0.3) is 10.9 Å². The van der Waals surface area contributed by atoms with Crippen molar-refractivity contribution in [2.24, 2.45) is 0 Å². The SMILES string of the molecule is Cc1cccc2c(C(Nc3ccncn3)c3ccco3)c[nH]c12. The highest BCUT2D eigenvalue weighted by Crippen LogP contribution is 2.32. The van der Waals surface area contributed by atoms with Gasteiger partial charge in [0.1, 0.15) is 23.9 Å². The van der Waals surface area contributed by atoms with Gasteiger partial charge < -0.3 is 14.7 Å². The van der Waals surface area contributed by atoms with Crippen LogP contribution in [0.2, 0.25) is 0 Å². The third kappa shape index (κ3) is 2.46. The van der Waals surface area contributed by atoms with Gasteiger partial charge in [-0.3, -0.25) is 0 Å². The lowest BCUT2D eigenvalue weighted by molar-refractivity contribution is 0.499. The molecule has 4 rings (SSSR count). The van der Waals surface area contributed by atoms with E-state index < -0.39 is 0 Å². The highest BCUT2D eigenvalue weighted by atomic mass is 16.3. The average molecular weight is 304 g/mol. The summed E-state index contributed by atoms with van der Waals surface area (Å²) in [5.74, 6) is 1.59. The van der Waals surface area contributed by atoms with Gasteiger partial charge in [0.2, 0.25) is 0 Å². The Hall–Kier alpha value is -3.08. The van der Waals surface area contributed by atoms with E-state index >= 15 is 0 Å². The minimum absolute atomic E-state index is 0.129. The number of benzene rings is 1. The molecule has 0 amide bonds. The van der Waals surface area contributed by atoms with Gasteiger partial charge >= 0.3 is 0 Å². The molecule has 0 radical (unpaired) electrons. The van der Waals surface area contributed by atoms with Gasteiger partial charge in [-0.2, -0.15) is 0 Å². The van der Waals surface area contributed by atoms with Gasteiger partial charge in [0.05, 0.1) is 6.26 Å². The highest BCUT2D eigenvalue weighted by molar-refractivity contribution is 5.87. The van der Waals surface area contributed by atoms with Crippen molar-refractivity contribution in [3.63, 3.8) is 0 Å². The molecule has 114 valence electrons. The van der Waals surface area contributed by atoms with Gasteiger partial charge in [0.15, 0.2) is 0 Å². The van der Waals surface area contributed by atoms with E-state index in [0.29, 0.717) is 0 Å². The molecular formula is C18H16N4O. The van der Waals surface area contributed by atoms with Gasteiger partial charge in [-0.25, -0.2) is 9.97 Å². The summed E-state index contributed by atoms with van der Waals surface area (Å²) in [4.78, 5) is 11.6. The molecule has 0 saturated heterocycles. The van der Waals surface area contributed by atoms with E-state index in [-0.39, 0.29) is 6.04 Å². The predicted octanol–water partition coefficient (Wildman–Crippen LogP) is 4.06. The zero-order valence-corrected chi connectivity index (χ0v) is 12.7. The molecule has 1 unspecified atom stereocenters. The molecule has 23 heavy (non-hydrogen) atoms. The summed E-state index contributed by atoms with van der Waals surface area (Å²) in [5, 5.41) is 4.60. The first kappa shape index (κ1) is 13.6. The normalized spacial score (nSPS) is 12.4. The van der Waals surface area contributed by atoms with Crippen molar-refractivity contribution in [1.29, 1.82) is 0 Å². The topological polar surface area (TPSA) is 66.7 Å². The van der Waals surface area contributed by atoms with Crippen LogP contribution in [0.3, 0.4) is 0 Å². The third-order valence-corrected chi connectivity index (χ3v) is 3.97. The maximum absolute atomic E-state index is 5.65. The molecular weight excluding hydrogens is 288 g/mol. The molecule has 5 heteroatoms. The lowest BCUT2D eigenvalue weighted by Gasteiger charge is -2.17. The Labute approximate surface area is 133 Å². The molecule has 0 spiro atoms. The van der Waals surface area contributed by atoms with Gasteiger partial charge in [0, 0.05) is 28.9 Å². The summed E-state index contributed by atoms with van der Waals surface area (Å²) in [7, 11) is 0. The van der Waals surface area contributed by atoms with E-state index in [9.17, 15) is 0 Å². The van der Waals surface area contributed by atoms with Gasteiger partial charge in [0.25, 0.3) is 0 Å². The smallest absolute Gasteiger partial charge is 0.130 e. The van der Waals surface area contributed by atoms with E-state index in [1.54, 1.807) is 12.5 Å². The van der Waals surface area contributed by atoms with Crippen LogP contribution in [-0.2, 0) is 0 Å². The van der Waals surface area contributed by atoms with E-state index in [0.717, 1.165) is 22.7 Å². The largest absolute Gasteiger partial charge is 0.467 e. The van der Waals surface area contributed by atoms with Crippen LogP contribution in [-0.4, -0.2) is 15.0 Å². The summed E-state index contributed by atoms with van der Waals surface area (Å²) in [6, 6.07) is 11.9. The van der Waals surface area contributed by atoms with Crippen LogP contribution in [0, 0.1) is 6.92 Å². The Kier molecular flexibility index (Phi) is 3.31. The van der Waals surface area contributed by atoms with Crippen LogP contribution in [0.4, 0.5) is 5.82 Å². The number of rotatable bonds is 4. The van der Waals surface area contributed by atoms with Crippen molar-refractivity contribution in [1.82, 2.24) is 15.0 Å². The molecule has 0 saturated carbocycles. The zero-order valence-electron chi connectivity index (χ0n) is 12.7. The first-order valence-electron chi connectivity index (χ1n) is 7.45. The van der Waals surface area contributed by atoms with Crippen molar-refractivity contribution in [2.75, 3.05) is 5.32 Å². The van der Waals surface area contributed by atoms with E-state index in [2.05, 4.69) is 45.4 Å². The van der Waals surface area contributed by atoms with Crippen LogP contribution < -0.4 is 5.32 Å². The van der Waals surface area contributed by atoms with Crippen LogP contribution >= 0.6 is 0 Å². The maximum Gasteiger partial charge on any atom is 0.130 e. The summed E-state index contributed by atoms with van der Waals surface area (Å²) in [5.41, 5.74) is 3.48. The van der Waals surface area contributed by atoms with Crippen LogP contribution in [0.1, 0.15) is 22.9 Å². The molecule has 1 aromatic carbocycles. The number of fused-ring (bicyclic) bond motifs is 1. The minimum atomic E-state index is -0.129. The van der Waals surface area contributed by atoms with E-state index in [1.807, 2.05) is 24.4 Å². The Morgan fingerprint density at radius 3 is 2.91 bits per heavy atom. The molecule has 5 nitrogen and oxygen atoms in total. The number of nitrogens with zero attached hydrogens (tertiary/aromatic N) is 2. The van der Waals surface area contributed by atoms with Crippen molar-refractivity contribution >= 4 is 16.7 Å². The molecule has 2 N–H and O–H groups in total. The molecule has 0 aliphatic rings. The number of aryl methyl sites for hydroxylation is 1. The number of hydrogen-bond acceptors (Lipinski definition) is 4. The first-order valence-corrected chi connectivity index (χ1v) is 7.45. The van der Waals surface area contributed by atoms with Crippen molar-refractivity contribution in [2.45, 2.75) is 13.0 Å². The molecule has 3 heterocycles. The standard InChI is InChI=1S/C18H16N4O/c1-12-4-2-5-13-14(10-20-17(12)13)18(15-6-3-9-23-15)22-16-7-8-19-11-21-16/h2-11,18,20H,1H3,(H,19,21,22). The Balaban J connectivity index is 1.83. The first-order chi connectivity index (χ1) is 11.3. The second-order valence-corrected chi connectivity index (χ2v) is 5.43. The Morgan fingerprint density at radius 1 is 1.17 bits per heavy atom. The van der Waals surface area contributed by atoms with E-state index in [4.69, 9.17) is 4.42 Å². The molecule has 0 aliphatic carbocycles. The number of hydrogen-bond donors (Lipinski definition) is 2. The van der Waals surface area contributed by atoms with Crippen LogP contribution in [0.15, 0.2) is 65.8 Å². The number of furan rings is 1. The number of aromatic nitrogens is 3. The number of aromatic amines is 1. The molecule has 3 aromatic heterocycles. The highest BCUT2D eigenvalue weighted by Gasteiger charge is 2.21. The molecule has 0 fully saturated rings. The fraction of sp³-hybridized carbons (Fsp3) is 0.111. The lowest BCUT2D eigenvalue weighted by atomic mass is 10.0. The second kappa shape index (κ2) is 5.61. The molecule has 1 atom stereocenters. The lowest BCUT2D eigenvalue weighted by Crippen LogP contribution is -2.12. The third-order valence-electron chi connectivity index (χ3n) is 3.97. The Morgan fingerprint density at radius 2 is 2.13 bits per heavy atom. The van der Waals surface area contributed by atoms with E-state index in [1.165, 1.54) is 17.3 Å². The van der Waals surface area contributed by atoms with Crippen molar-refractivity contribution in [3.05, 3.63) is 78.3 Å². The van der Waals surface area contributed by atoms with Crippen molar-refractivity contribution in [3.8, 4) is 0 Å².